The first-order chi connectivity index (χ1) is 12.6. The van der Waals surface area contributed by atoms with Crippen LogP contribution in [0.5, 0.6) is 5.75 Å². The highest BCUT2D eigenvalue weighted by atomic mass is 16.5. The Balaban J connectivity index is 1.50. The van der Waals surface area contributed by atoms with Crippen molar-refractivity contribution in [2.45, 2.75) is 38.9 Å². The maximum absolute atomic E-state index is 6.06. The molecule has 1 aromatic heterocycles. The largest absolute Gasteiger partial charge is 0.491 e. The average Bonchev–Trinajstić information content (AvgIpc) is 3.16. The van der Waals surface area contributed by atoms with Gasteiger partial charge in [0.25, 0.3) is 0 Å². The Morgan fingerprint density at radius 3 is 2.69 bits per heavy atom. The van der Waals surface area contributed by atoms with Crippen molar-refractivity contribution in [3.8, 4) is 5.75 Å². The molecule has 0 radical (unpaired) electrons. The standard InChI is InChI=1S/C21H32N4O/c1-18(23(2)3)19-8-11-24(12-9-19)16-20-6-4-5-7-21(20)26-15-14-25-13-10-22-17-25/h4-7,10,13,17-19H,8-9,11-12,14-16H2,1-3H3/t18-/m0/s1. The Morgan fingerprint density at radius 1 is 1.23 bits per heavy atom. The summed E-state index contributed by atoms with van der Waals surface area (Å²) in [6.07, 6.45) is 8.16. The van der Waals surface area contributed by atoms with Crippen molar-refractivity contribution in [3.63, 3.8) is 0 Å². The second kappa shape index (κ2) is 9.19. The summed E-state index contributed by atoms with van der Waals surface area (Å²) in [6.45, 7) is 7.16. The van der Waals surface area contributed by atoms with Crippen LogP contribution in [-0.2, 0) is 13.1 Å². The van der Waals surface area contributed by atoms with Crippen LogP contribution in [0.1, 0.15) is 25.3 Å². The third kappa shape index (κ3) is 5.08. The smallest absolute Gasteiger partial charge is 0.123 e. The number of hydrogen-bond acceptors (Lipinski definition) is 4. The lowest BCUT2D eigenvalue weighted by Gasteiger charge is -2.37. The van der Waals surface area contributed by atoms with Crippen molar-refractivity contribution in [2.24, 2.45) is 5.92 Å². The van der Waals surface area contributed by atoms with Gasteiger partial charge in [0.15, 0.2) is 0 Å². The Hall–Kier alpha value is -1.85. The summed E-state index contributed by atoms with van der Waals surface area (Å²) in [5.41, 5.74) is 1.29. The molecule has 0 bridgehead atoms. The maximum atomic E-state index is 6.06. The topological polar surface area (TPSA) is 33.5 Å². The third-order valence-electron chi connectivity index (χ3n) is 5.66. The Morgan fingerprint density at radius 2 is 2.00 bits per heavy atom. The maximum Gasteiger partial charge on any atom is 0.123 e. The summed E-state index contributed by atoms with van der Waals surface area (Å²) in [4.78, 5) is 8.99. The molecule has 26 heavy (non-hydrogen) atoms. The molecule has 0 aliphatic carbocycles. The minimum Gasteiger partial charge on any atom is -0.491 e. The Kier molecular flexibility index (Phi) is 6.69. The van der Waals surface area contributed by atoms with Gasteiger partial charge in [-0.25, -0.2) is 4.98 Å². The highest BCUT2D eigenvalue weighted by molar-refractivity contribution is 5.33. The van der Waals surface area contributed by atoms with Gasteiger partial charge in [-0.3, -0.25) is 4.90 Å². The van der Waals surface area contributed by atoms with E-state index in [9.17, 15) is 0 Å². The summed E-state index contributed by atoms with van der Waals surface area (Å²) in [5, 5.41) is 0. The van der Waals surface area contributed by atoms with Crippen LogP contribution in [0, 0.1) is 5.92 Å². The van der Waals surface area contributed by atoms with Gasteiger partial charge in [0.2, 0.25) is 0 Å². The zero-order chi connectivity index (χ0) is 18.4. The van der Waals surface area contributed by atoms with Crippen molar-refractivity contribution in [1.82, 2.24) is 19.4 Å². The lowest BCUT2D eigenvalue weighted by atomic mass is 9.89. The zero-order valence-corrected chi connectivity index (χ0v) is 16.3. The molecule has 0 N–H and O–H groups in total. The van der Waals surface area contributed by atoms with E-state index >= 15 is 0 Å². The summed E-state index contributed by atoms with van der Waals surface area (Å²) in [7, 11) is 4.38. The van der Waals surface area contributed by atoms with Crippen LogP contribution in [0.3, 0.4) is 0 Å². The van der Waals surface area contributed by atoms with Crippen molar-refractivity contribution in [3.05, 3.63) is 48.5 Å². The molecule has 1 atom stereocenters. The number of para-hydroxylation sites is 1. The molecule has 0 unspecified atom stereocenters. The number of hydrogen-bond donors (Lipinski definition) is 0. The normalized spacial score (nSPS) is 17.5. The van der Waals surface area contributed by atoms with E-state index in [1.165, 1.54) is 31.5 Å². The van der Waals surface area contributed by atoms with E-state index in [1.807, 2.05) is 17.1 Å². The van der Waals surface area contributed by atoms with Gasteiger partial charge in [-0.1, -0.05) is 18.2 Å². The first-order valence-electron chi connectivity index (χ1n) is 9.68. The molecule has 3 rings (SSSR count). The van der Waals surface area contributed by atoms with Gasteiger partial charge in [-0.2, -0.15) is 0 Å². The number of imidazole rings is 1. The Bertz CT molecular complexity index is 648. The van der Waals surface area contributed by atoms with Crippen LogP contribution < -0.4 is 4.74 Å². The van der Waals surface area contributed by atoms with E-state index < -0.39 is 0 Å². The molecule has 0 amide bonds. The number of rotatable bonds is 8. The molecule has 2 heterocycles. The van der Waals surface area contributed by atoms with Crippen LogP contribution in [0.15, 0.2) is 43.0 Å². The molecule has 1 aromatic carbocycles. The van der Waals surface area contributed by atoms with Gasteiger partial charge in [-0.05, 0) is 58.9 Å². The molecule has 142 valence electrons. The van der Waals surface area contributed by atoms with Gasteiger partial charge >= 0.3 is 0 Å². The highest BCUT2D eigenvalue weighted by Crippen LogP contribution is 2.26. The van der Waals surface area contributed by atoms with Gasteiger partial charge in [0, 0.05) is 30.5 Å². The molecule has 1 saturated heterocycles. The number of aromatic nitrogens is 2. The number of ether oxygens (including phenoxy) is 1. The van der Waals surface area contributed by atoms with E-state index in [1.54, 1.807) is 6.20 Å². The van der Waals surface area contributed by atoms with Crippen molar-refractivity contribution in [1.29, 1.82) is 0 Å². The predicted octanol–water partition coefficient (Wildman–Crippen LogP) is 3.12. The summed E-state index contributed by atoms with van der Waals surface area (Å²) >= 11 is 0. The van der Waals surface area contributed by atoms with Crippen LogP contribution >= 0.6 is 0 Å². The van der Waals surface area contributed by atoms with Crippen molar-refractivity contribution < 1.29 is 4.74 Å². The molecule has 2 aromatic rings. The lowest BCUT2D eigenvalue weighted by molar-refractivity contribution is 0.120. The molecular weight excluding hydrogens is 324 g/mol. The van der Waals surface area contributed by atoms with Gasteiger partial charge in [-0.15, -0.1) is 0 Å². The molecular formula is C21H32N4O. The van der Waals surface area contributed by atoms with E-state index in [0.717, 1.165) is 24.8 Å². The molecule has 5 heteroatoms. The van der Waals surface area contributed by atoms with Gasteiger partial charge in [0.1, 0.15) is 12.4 Å². The third-order valence-corrected chi connectivity index (χ3v) is 5.66. The van der Waals surface area contributed by atoms with Gasteiger partial charge < -0.3 is 14.2 Å². The fourth-order valence-electron chi connectivity index (χ4n) is 3.71. The van der Waals surface area contributed by atoms with E-state index in [0.29, 0.717) is 12.6 Å². The monoisotopic (exact) mass is 356 g/mol. The minimum atomic E-state index is 0.662. The van der Waals surface area contributed by atoms with Crippen molar-refractivity contribution >= 4 is 0 Å². The molecule has 1 fully saturated rings. The second-order valence-electron chi connectivity index (χ2n) is 7.57. The predicted molar refractivity (Wildman–Crippen MR) is 105 cm³/mol. The molecule has 0 saturated carbocycles. The zero-order valence-electron chi connectivity index (χ0n) is 16.3. The summed E-state index contributed by atoms with van der Waals surface area (Å²) in [5.74, 6) is 1.82. The Labute approximate surface area is 157 Å². The number of piperidine rings is 1. The van der Waals surface area contributed by atoms with E-state index in [4.69, 9.17) is 4.74 Å². The first kappa shape index (κ1) is 18.9. The fourth-order valence-corrected chi connectivity index (χ4v) is 3.71. The quantitative estimate of drug-likeness (QED) is 0.728. The first-order valence-corrected chi connectivity index (χ1v) is 9.68. The molecule has 5 nitrogen and oxygen atoms in total. The van der Waals surface area contributed by atoms with Crippen LogP contribution in [0.2, 0.25) is 0 Å². The number of nitrogens with zero attached hydrogens (tertiary/aromatic N) is 4. The van der Waals surface area contributed by atoms with Crippen LogP contribution in [0.4, 0.5) is 0 Å². The van der Waals surface area contributed by atoms with Crippen LogP contribution in [-0.4, -0.2) is 59.2 Å². The van der Waals surface area contributed by atoms with Crippen LogP contribution in [0.25, 0.3) is 0 Å². The lowest BCUT2D eigenvalue weighted by Crippen LogP contribution is -2.41. The molecule has 1 aliphatic heterocycles. The summed E-state index contributed by atoms with van der Waals surface area (Å²) in [6, 6.07) is 9.11. The molecule has 0 spiro atoms. The number of benzene rings is 1. The molecule has 1 aliphatic rings. The van der Waals surface area contributed by atoms with Gasteiger partial charge in [0.05, 0.1) is 12.9 Å². The second-order valence-corrected chi connectivity index (χ2v) is 7.57. The van der Waals surface area contributed by atoms with Crippen molar-refractivity contribution in [2.75, 3.05) is 33.8 Å². The number of likely N-dealkylation sites (tertiary alicyclic amines) is 1. The van der Waals surface area contributed by atoms with E-state index in [-0.39, 0.29) is 0 Å². The summed E-state index contributed by atoms with van der Waals surface area (Å²) < 4.78 is 8.10. The minimum absolute atomic E-state index is 0.662. The van der Waals surface area contributed by atoms with E-state index in [2.05, 4.69) is 60.1 Å². The fraction of sp³-hybridized carbons (Fsp3) is 0.571. The average molecular weight is 357 g/mol. The highest BCUT2D eigenvalue weighted by Gasteiger charge is 2.25. The SMILES string of the molecule is C[C@@H](C1CCN(Cc2ccccc2OCCn2ccnc2)CC1)N(C)C.